The van der Waals surface area contributed by atoms with Gasteiger partial charge >= 0.3 is 5.97 Å². The molecule has 0 unspecified atom stereocenters. The molecule has 0 amide bonds. The van der Waals surface area contributed by atoms with Crippen molar-refractivity contribution in [1.29, 1.82) is 0 Å². The van der Waals surface area contributed by atoms with Crippen LogP contribution in [0.1, 0.15) is 41.0 Å². The summed E-state index contributed by atoms with van der Waals surface area (Å²) in [4.78, 5) is 11.2. The van der Waals surface area contributed by atoms with Crippen LogP contribution in [-0.4, -0.2) is 24.2 Å². The zero-order chi connectivity index (χ0) is 10.5. The van der Waals surface area contributed by atoms with Gasteiger partial charge in [0.15, 0.2) is 0 Å². The Bertz CT molecular complexity index is 161. The third-order valence-corrected chi connectivity index (χ3v) is 1.63. The molecule has 3 heteroatoms. The van der Waals surface area contributed by atoms with Gasteiger partial charge in [-0.05, 0) is 34.1 Å². The molecule has 0 fully saturated rings. The maximum Gasteiger partial charge on any atom is 0.320 e. The molecule has 0 aliphatic carbocycles. The fourth-order valence-electron chi connectivity index (χ4n) is 0.779. The van der Waals surface area contributed by atoms with E-state index in [1.54, 1.807) is 0 Å². The second-order valence-corrected chi connectivity index (χ2v) is 4.28. The highest BCUT2D eigenvalue weighted by atomic mass is 16.6. The van der Waals surface area contributed by atoms with Gasteiger partial charge in [-0.1, -0.05) is 6.92 Å². The van der Waals surface area contributed by atoms with Crippen molar-refractivity contribution >= 4 is 5.97 Å². The topological polar surface area (TPSA) is 38.3 Å². The van der Waals surface area contributed by atoms with Crippen LogP contribution in [0.5, 0.6) is 0 Å². The number of carbonyl (C=O) groups excluding carboxylic acids is 1. The minimum atomic E-state index is -0.381. The third-order valence-electron chi connectivity index (χ3n) is 1.63. The Morgan fingerprint density at radius 1 is 1.46 bits per heavy atom. The highest BCUT2D eigenvalue weighted by Gasteiger charge is 2.15. The first-order chi connectivity index (χ1) is 5.85. The maximum absolute atomic E-state index is 11.2. The van der Waals surface area contributed by atoms with Gasteiger partial charge in [-0.25, -0.2) is 0 Å². The molecule has 0 saturated heterocycles. The second kappa shape index (κ2) is 5.22. The highest BCUT2D eigenvalue weighted by molar-refractivity contribution is 5.72. The molecule has 78 valence electrons. The van der Waals surface area contributed by atoms with Crippen molar-refractivity contribution in [2.75, 3.05) is 6.54 Å². The number of hydrogen-bond donors (Lipinski definition) is 1. The summed E-state index contributed by atoms with van der Waals surface area (Å²) in [6, 6.07) is 0.368. The molecule has 0 bridgehead atoms. The number of esters is 1. The van der Waals surface area contributed by atoms with Gasteiger partial charge in [0.25, 0.3) is 0 Å². The monoisotopic (exact) mass is 187 g/mol. The summed E-state index contributed by atoms with van der Waals surface area (Å²) in [5.74, 6) is -0.187. The number of rotatable bonds is 4. The summed E-state index contributed by atoms with van der Waals surface area (Å²) >= 11 is 0. The Morgan fingerprint density at radius 3 is 2.38 bits per heavy atom. The first kappa shape index (κ1) is 12.4. The number of nitrogens with one attached hydrogen (secondary N) is 1. The third kappa shape index (κ3) is 7.78. The standard InChI is InChI=1S/C10H21NO2/c1-6-8(2)11-7-9(12)13-10(3,4)5/h8,11H,6-7H2,1-5H3/t8-/m1/s1. The van der Waals surface area contributed by atoms with Crippen molar-refractivity contribution < 1.29 is 9.53 Å². The van der Waals surface area contributed by atoms with Crippen LogP contribution in [-0.2, 0) is 9.53 Å². The number of hydrogen-bond acceptors (Lipinski definition) is 3. The maximum atomic E-state index is 11.2. The van der Waals surface area contributed by atoms with Crippen LogP contribution in [0.15, 0.2) is 0 Å². The van der Waals surface area contributed by atoms with Gasteiger partial charge in [0.1, 0.15) is 5.60 Å². The Hall–Kier alpha value is -0.570. The van der Waals surface area contributed by atoms with Gasteiger partial charge in [0.05, 0.1) is 6.54 Å². The summed E-state index contributed by atoms with van der Waals surface area (Å²) in [5.41, 5.74) is -0.381. The predicted molar refractivity (Wildman–Crippen MR) is 53.6 cm³/mol. The fraction of sp³-hybridized carbons (Fsp3) is 0.900. The molecule has 0 aromatic heterocycles. The Kier molecular flexibility index (Phi) is 4.99. The zero-order valence-electron chi connectivity index (χ0n) is 9.31. The molecule has 0 aliphatic rings. The molecule has 0 heterocycles. The van der Waals surface area contributed by atoms with Crippen LogP contribution in [0, 0.1) is 0 Å². The average Bonchev–Trinajstić information content (AvgIpc) is 1.97. The zero-order valence-corrected chi connectivity index (χ0v) is 9.31. The van der Waals surface area contributed by atoms with E-state index >= 15 is 0 Å². The van der Waals surface area contributed by atoms with E-state index in [9.17, 15) is 4.79 Å². The molecule has 0 aromatic carbocycles. The van der Waals surface area contributed by atoms with Gasteiger partial charge in [0.2, 0.25) is 0 Å². The molecule has 1 atom stereocenters. The summed E-state index contributed by atoms with van der Waals surface area (Å²) in [7, 11) is 0. The molecule has 0 aromatic rings. The first-order valence-corrected chi connectivity index (χ1v) is 4.80. The van der Waals surface area contributed by atoms with E-state index in [0.29, 0.717) is 12.6 Å². The molecule has 0 radical (unpaired) electrons. The molecule has 0 spiro atoms. The lowest BCUT2D eigenvalue weighted by Gasteiger charge is -2.20. The Labute approximate surface area is 80.8 Å². The molecule has 3 nitrogen and oxygen atoms in total. The van der Waals surface area contributed by atoms with Crippen LogP contribution in [0.4, 0.5) is 0 Å². The lowest BCUT2D eigenvalue weighted by atomic mass is 10.2. The van der Waals surface area contributed by atoms with E-state index in [1.807, 2.05) is 27.7 Å². The van der Waals surface area contributed by atoms with E-state index in [-0.39, 0.29) is 11.6 Å². The molecular weight excluding hydrogens is 166 g/mol. The number of ether oxygens (including phenoxy) is 1. The fourth-order valence-corrected chi connectivity index (χ4v) is 0.779. The lowest BCUT2D eigenvalue weighted by molar-refractivity contribution is -0.153. The largest absolute Gasteiger partial charge is 0.459 e. The minimum Gasteiger partial charge on any atom is -0.459 e. The normalized spacial score (nSPS) is 13.9. The van der Waals surface area contributed by atoms with Crippen LogP contribution in [0.25, 0.3) is 0 Å². The Morgan fingerprint density at radius 2 is 2.00 bits per heavy atom. The SMILES string of the molecule is CC[C@@H](C)NCC(=O)OC(C)(C)C. The quantitative estimate of drug-likeness (QED) is 0.681. The van der Waals surface area contributed by atoms with Crippen LogP contribution < -0.4 is 5.32 Å². The van der Waals surface area contributed by atoms with Crippen LogP contribution in [0.3, 0.4) is 0 Å². The van der Waals surface area contributed by atoms with E-state index < -0.39 is 0 Å². The van der Waals surface area contributed by atoms with Gasteiger partial charge in [-0.2, -0.15) is 0 Å². The van der Waals surface area contributed by atoms with Crippen molar-refractivity contribution in [3.63, 3.8) is 0 Å². The van der Waals surface area contributed by atoms with Gasteiger partial charge in [-0.3, -0.25) is 4.79 Å². The highest BCUT2D eigenvalue weighted by Crippen LogP contribution is 2.06. The van der Waals surface area contributed by atoms with E-state index in [1.165, 1.54) is 0 Å². The van der Waals surface area contributed by atoms with Crippen LogP contribution >= 0.6 is 0 Å². The minimum absolute atomic E-state index is 0.187. The van der Waals surface area contributed by atoms with Gasteiger partial charge in [0, 0.05) is 6.04 Å². The summed E-state index contributed by atoms with van der Waals surface area (Å²) < 4.78 is 5.13. The Balaban J connectivity index is 3.64. The molecule has 0 rings (SSSR count). The smallest absolute Gasteiger partial charge is 0.320 e. The van der Waals surface area contributed by atoms with Crippen LogP contribution in [0.2, 0.25) is 0 Å². The van der Waals surface area contributed by atoms with E-state index in [2.05, 4.69) is 12.2 Å². The summed E-state index contributed by atoms with van der Waals surface area (Å²) in [6.45, 7) is 10.0. The van der Waals surface area contributed by atoms with E-state index in [4.69, 9.17) is 4.74 Å². The lowest BCUT2D eigenvalue weighted by Crippen LogP contribution is -2.35. The van der Waals surface area contributed by atoms with Crippen molar-refractivity contribution in [3.8, 4) is 0 Å². The summed E-state index contributed by atoms with van der Waals surface area (Å²) in [5, 5.41) is 3.08. The van der Waals surface area contributed by atoms with Crippen molar-refractivity contribution in [1.82, 2.24) is 5.32 Å². The van der Waals surface area contributed by atoms with Crippen molar-refractivity contribution in [2.24, 2.45) is 0 Å². The molecule has 0 aliphatic heterocycles. The van der Waals surface area contributed by atoms with Crippen molar-refractivity contribution in [2.45, 2.75) is 52.7 Å². The van der Waals surface area contributed by atoms with Gasteiger partial charge < -0.3 is 10.1 Å². The van der Waals surface area contributed by atoms with E-state index in [0.717, 1.165) is 6.42 Å². The summed E-state index contributed by atoms with van der Waals surface area (Å²) in [6.07, 6.45) is 1.02. The second-order valence-electron chi connectivity index (χ2n) is 4.28. The molecular formula is C10H21NO2. The van der Waals surface area contributed by atoms with Gasteiger partial charge in [-0.15, -0.1) is 0 Å². The molecule has 0 saturated carbocycles. The first-order valence-electron chi connectivity index (χ1n) is 4.80. The molecule has 1 N–H and O–H groups in total. The number of carbonyl (C=O) groups is 1. The van der Waals surface area contributed by atoms with Crippen molar-refractivity contribution in [3.05, 3.63) is 0 Å². The predicted octanol–water partition coefficient (Wildman–Crippen LogP) is 1.72. The average molecular weight is 187 g/mol. The molecule has 13 heavy (non-hydrogen) atoms.